The van der Waals surface area contributed by atoms with Gasteiger partial charge in [0.15, 0.2) is 0 Å². The van der Waals surface area contributed by atoms with Crippen LogP contribution in [0.1, 0.15) is 34.0 Å². The molecular formula is C25H34FN5O2. The van der Waals surface area contributed by atoms with E-state index in [1.807, 2.05) is 18.2 Å². The fourth-order valence-electron chi connectivity index (χ4n) is 3.81. The van der Waals surface area contributed by atoms with Crippen molar-refractivity contribution in [3.8, 4) is 0 Å². The van der Waals surface area contributed by atoms with Crippen LogP contribution in [-0.4, -0.2) is 67.6 Å². The number of piperazine rings is 1. The van der Waals surface area contributed by atoms with Crippen molar-refractivity contribution in [2.45, 2.75) is 26.9 Å². The van der Waals surface area contributed by atoms with Gasteiger partial charge in [-0.05, 0) is 42.3 Å². The Morgan fingerprint density at radius 2 is 1.58 bits per heavy atom. The van der Waals surface area contributed by atoms with Crippen molar-refractivity contribution in [1.82, 2.24) is 25.8 Å². The molecule has 0 saturated carbocycles. The summed E-state index contributed by atoms with van der Waals surface area (Å²) in [7, 11) is 0. The molecule has 1 aliphatic rings. The molecule has 178 valence electrons. The van der Waals surface area contributed by atoms with Gasteiger partial charge in [0.1, 0.15) is 5.82 Å². The molecule has 1 fully saturated rings. The first-order valence-corrected chi connectivity index (χ1v) is 11.5. The van der Waals surface area contributed by atoms with Gasteiger partial charge in [-0.1, -0.05) is 37.3 Å². The van der Waals surface area contributed by atoms with Crippen molar-refractivity contribution in [3.63, 3.8) is 0 Å². The van der Waals surface area contributed by atoms with Crippen molar-refractivity contribution < 1.29 is 14.0 Å². The fourth-order valence-corrected chi connectivity index (χ4v) is 3.81. The Hall–Kier alpha value is -2.97. The summed E-state index contributed by atoms with van der Waals surface area (Å²) < 4.78 is 13.6. The van der Waals surface area contributed by atoms with Crippen molar-refractivity contribution in [3.05, 3.63) is 70.5 Å². The molecule has 3 N–H and O–H groups in total. The highest BCUT2D eigenvalue weighted by atomic mass is 19.1. The van der Waals surface area contributed by atoms with E-state index >= 15 is 0 Å². The van der Waals surface area contributed by atoms with Crippen LogP contribution in [0.25, 0.3) is 0 Å². The zero-order valence-corrected chi connectivity index (χ0v) is 19.5. The number of halogens is 1. The van der Waals surface area contributed by atoms with Gasteiger partial charge in [0, 0.05) is 57.9 Å². The van der Waals surface area contributed by atoms with Crippen molar-refractivity contribution in [2.75, 3.05) is 45.8 Å². The van der Waals surface area contributed by atoms with E-state index in [2.05, 4.69) is 38.7 Å². The Labute approximate surface area is 195 Å². The number of hydrogen-bond donors (Lipinski definition) is 3. The summed E-state index contributed by atoms with van der Waals surface area (Å²) in [6.07, 6.45) is 0. The van der Waals surface area contributed by atoms with Gasteiger partial charge < -0.3 is 20.9 Å². The molecular weight excluding hydrogens is 421 g/mol. The highest BCUT2D eigenvalue weighted by Gasteiger charge is 2.16. The van der Waals surface area contributed by atoms with Gasteiger partial charge in [-0.25, -0.2) is 9.18 Å². The number of likely N-dealkylation sites (N-methyl/N-ethyl adjacent to an activating group) is 1. The molecule has 8 heteroatoms. The molecule has 33 heavy (non-hydrogen) atoms. The van der Waals surface area contributed by atoms with E-state index < -0.39 is 5.82 Å². The van der Waals surface area contributed by atoms with Crippen LogP contribution in [0.3, 0.4) is 0 Å². The van der Waals surface area contributed by atoms with Crippen LogP contribution in [0.5, 0.6) is 0 Å². The summed E-state index contributed by atoms with van der Waals surface area (Å²) in [6.45, 7) is 11.1. The maximum atomic E-state index is 13.6. The number of benzene rings is 2. The first-order valence-electron chi connectivity index (χ1n) is 11.5. The predicted molar refractivity (Wildman–Crippen MR) is 128 cm³/mol. The second kappa shape index (κ2) is 12.3. The second-order valence-electron chi connectivity index (χ2n) is 8.31. The zero-order valence-electron chi connectivity index (χ0n) is 19.5. The van der Waals surface area contributed by atoms with E-state index in [-0.39, 0.29) is 30.6 Å². The quantitative estimate of drug-likeness (QED) is 0.508. The van der Waals surface area contributed by atoms with Gasteiger partial charge in [0.05, 0.1) is 0 Å². The average molecular weight is 456 g/mol. The maximum Gasteiger partial charge on any atom is 0.315 e. The molecule has 0 unspecified atom stereocenters. The molecule has 2 aromatic rings. The number of urea groups is 1. The molecule has 2 aromatic carbocycles. The van der Waals surface area contributed by atoms with E-state index in [9.17, 15) is 14.0 Å². The summed E-state index contributed by atoms with van der Waals surface area (Å²) in [5, 5.41) is 8.30. The van der Waals surface area contributed by atoms with E-state index in [0.717, 1.165) is 44.8 Å². The molecule has 0 atom stereocenters. The second-order valence-corrected chi connectivity index (χ2v) is 8.31. The third kappa shape index (κ3) is 7.54. The third-order valence-corrected chi connectivity index (χ3v) is 5.99. The van der Waals surface area contributed by atoms with E-state index in [0.29, 0.717) is 12.1 Å². The Balaban J connectivity index is 1.38. The lowest BCUT2D eigenvalue weighted by molar-refractivity contribution is 0.0953. The zero-order chi connectivity index (χ0) is 23.6. The minimum atomic E-state index is -0.413. The van der Waals surface area contributed by atoms with Gasteiger partial charge in [-0.2, -0.15) is 0 Å². The van der Waals surface area contributed by atoms with E-state index in [4.69, 9.17) is 0 Å². The molecule has 0 radical (unpaired) electrons. The first-order chi connectivity index (χ1) is 16.0. The summed E-state index contributed by atoms with van der Waals surface area (Å²) in [6, 6.07) is 12.2. The molecule has 0 bridgehead atoms. The number of nitrogens with one attached hydrogen (secondary N) is 3. The SMILES string of the molecule is CCN1CCN(Cc2ccccc2CNC(=O)NCCNC(=O)c2ccc(C)c(F)c2)CC1. The monoisotopic (exact) mass is 455 g/mol. The number of rotatable bonds is 9. The lowest BCUT2D eigenvalue weighted by atomic mass is 10.1. The molecule has 1 aliphatic heterocycles. The lowest BCUT2D eigenvalue weighted by Crippen LogP contribution is -2.45. The minimum absolute atomic E-state index is 0.252. The summed E-state index contributed by atoms with van der Waals surface area (Å²) in [5.74, 6) is -0.784. The van der Waals surface area contributed by atoms with Crippen LogP contribution in [0, 0.1) is 12.7 Å². The van der Waals surface area contributed by atoms with Gasteiger partial charge in [-0.15, -0.1) is 0 Å². The van der Waals surface area contributed by atoms with Gasteiger partial charge >= 0.3 is 6.03 Å². The lowest BCUT2D eigenvalue weighted by Gasteiger charge is -2.34. The number of nitrogens with zero attached hydrogens (tertiary/aromatic N) is 2. The molecule has 7 nitrogen and oxygen atoms in total. The van der Waals surface area contributed by atoms with Gasteiger partial charge in [0.2, 0.25) is 0 Å². The maximum absolute atomic E-state index is 13.6. The summed E-state index contributed by atoms with van der Waals surface area (Å²) in [5.41, 5.74) is 3.07. The molecule has 1 heterocycles. The van der Waals surface area contributed by atoms with Crippen molar-refractivity contribution in [1.29, 1.82) is 0 Å². The molecule has 1 saturated heterocycles. The van der Waals surface area contributed by atoms with Crippen LogP contribution in [0.15, 0.2) is 42.5 Å². The van der Waals surface area contributed by atoms with E-state index in [1.54, 1.807) is 19.1 Å². The number of carbonyl (C=O) groups is 2. The molecule has 0 spiro atoms. The Kier molecular flexibility index (Phi) is 9.21. The molecule has 3 amide bonds. The largest absolute Gasteiger partial charge is 0.350 e. The van der Waals surface area contributed by atoms with Crippen molar-refractivity contribution in [2.24, 2.45) is 0 Å². The van der Waals surface area contributed by atoms with Crippen LogP contribution in [0.2, 0.25) is 0 Å². The Morgan fingerprint density at radius 1 is 0.909 bits per heavy atom. The van der Waals surface area contributed by atoms with Crippen LogP contribution in [-0.2, 0) is 13.1 Å². The van der Waals surface area contributed by atoms with E-state index in [1.165, 1.54) is 11.6 Å². The van der Waals surface area contributed by atoms with Gasteiger partial charge in [0.25, 0.3) is 5.91 Å². The fraction of sp³-hybridized carbons (Fsp3) is 0.440. The van der Waals surface area contributed by atoms with Crippen LogP contribution >= 0.6 is 0 Å². The topological polar surface area (TPSA) is 76.7 Å². The smallest absolute Gasteiger partial charge is 0.315 e. The highest BCUT2D eigenvalue weighted by molar-refractivity contribution is 5.94. The standard InChI is InChI=1S/C25H34FN5O2/c1-3-30-12-14-31(15-13-30)18-22-7-5-4-6-21(22)17-29-25(33)28-11-10-27-24(32)20-9-8-19(2)23(26)16-20/h4-9,16H,3,10-15,17-18H2,1-2H3,(H,27,32)(H2,28,29,33). The summed E-state index contributed by atoms with van der Waals surface area (Å²) in [4.78, 5) is 29.2. The minimum Gasteiger partial charge on any atom is -0.350 e. The van der Waals surface area contributed by atoms with Crippen molar-refractivity contribution >= 4 is 11.9 Å². The third-order valence-electron chi connectivity index (χ3n) is 5.99. The summed E-state index contributed by atoms with van der Waals surface area (Å²) >= 11 is 0. The highest BCUT2D eigenvalue weighted by Crippen LogP contribution is 2.13. The number of carbonyl (C=O) groups excluding carboxylic acids is 2. The normalized spacial score (nSPS) is 14.6. The van der Waals surface area contributed by atoms with Crippen LogP contribution in [0.4, 0.5) is 9.18 Å². The molecule has 0 aromatic heterocycles. The molecule has 3 rings (SSSR count). The van der Waals surface area contributed by atoms with Crippen LogP contribution < -0.4 is 16.0 Å². The average Bonchev–Trinajstić information content (AvgIpc) is 2.83. The Bertz CT molecular complexity index is 944. The molecule has 0 aliphatic carbocycles. The Morgan fingerprint density at radius 3 is 2.27 bits per heavy atom. The predicted octanol–water partition coefficient (Wildman–Crippen LogP) is 2.50. The van der Waals surface area contributed by atoms with Gasteiger partial charge in [-0.3, -0.25) is 9.69 Å². The number of hydrogen-bond acceptors (Lipinski definition) is 4. The number of aryl methyl sites for hydroxylation is 1. The first kappa shape index (κ1) is 24.7. The number of amides is 3.